The molecular formula is C13H22N2O3. The molecule has 2 atom stereocenters. The van der Waals surface area contributed by atoms with Gasteiger partial charge in [-0.05, 0) is 12.3 Å². The van der Waals surface area contributed by atoms with Gasteiger partial charge in [-0.2, -0.15) is 0 Å². The Bertz CT molecular complexity index is 339. The van der Waals surface area contributed by atoms with Crippen LogP contribution in [0.15, 0.2) is 0 Å². The average Bonchev–Trinajstić information content (AvgIpc) is 2.74. The zero-order chi connectivity index (χ0) is 13.3. The second kappa shape index (κ2) is 5.16. The molecule has 2 unspecified atom stereocenters. The number of amides is 2. The Morgan fingerprint density at radius 2 is 1.94 bits per heavy atom. The Labute approximate surface area is 108 Å². The molecule has 0 aromatic rings. The molecule has 5 nitrogen and oxygen atoms in total. The van der Waals surface area contributed by atoms with E-state index in [1.807, 2.05) is 4.90 Å². The van der Waals surface area contributed by atoms with E-state index in [2.05, 4.69) is 6.92 Å². The first-order chi connectivity index (χ1) is 8.52. The molecule has 2 aliphatic rings. The van der Waals surface area contributed by atoms with Gasteiger partial charge in [0.05, 0.1) is 5.92 Å². The Kier molecular flexibility index (Phi) is 3.78. The molecule has 0 aromatic heterocycles. The number of aliphatic carboxylic acids is 1. The third-order valence-electron chi connectivity index (χ3n) is 4.41. The summed E-state index contributed by atoms with van der Waals surface area (Å²) in [5.41, 5.74) is 0. The maximum atomic E-state index is 12.1. The van der Waals surface area contributed by atoms with Crippen LogP contribution in [0.2, 0.25) is 0 Å². The zero-order valence-corrected chi connectivity index (χ0v) is 11.1. The predicted octanol–water partition coefficient (Wildman–Crippen LogP) is 1.49. The van der Waals surface area contributed by atoms with Gasteiger partial charge in [-0.25, -0.2) is 4.79 Å². The fraction of sp³-hybridized carbons (Fsp3) is 0.846. The minimum atomic E-state index is -0.765. The largest absolute Gasteiger partial charge is 0.481 e. The molecule has 0 aromatic carbocycles. The molecule has 1 N–H and O–H groups in total. The Morgan fingerprint density at radius 1 is 1.28 bits per heavy atom. The molecule has 0 spiro atoms. The van der Waals surface area contributed by atoms with Crippen LogP contribution < -0.4 is 0 Å². The number of carbonyl (C=O) groups is 2. The first-order valence-corrected chi connectivity index (χ1v) is 6.79. The van der Waals surface area contributed by atoms with E-state index in [1.165, 1.54) is 0 Å². The van der Waals surface area contributed by atoms with E-state index >= 15 is 0 Å². The van der Waals surface area contributed by atoms with E-state index in [0.717, 1.165) is 25.9 Å². The topological polar surface area (TPSA) is 60.9 Å². The van der Waals surface area contributed by atoms with E-state index in [0.29, 0.717) is 19.0 Å². The SMILES string of the molecule is CCC1CCN(C(=O)N2CC(C(C)C(=O)O)C2)C1. The van der Waals surface area contributed by atoms with Crippen LogP contribution in [-0.2, 0) is 4.79 Å². The van der Waals surface area contributed by atoms with Crippen LogP contribution in [0.5, 0.6) is 0 Å². The standard InChI is InChI=1S/C13H22N2O3/c1-3-10-4-5-14(6-10)13(18)15-7-11(8-15)9(2)12(16)17/h9-11H,3-8H2,1-2H3,(H,16,17). The highest BCUT2D eigenvalue weighted by Gasteiger charge is 2.39. The van der Waals surface area contributed by atoms with Crippen LogP contribution in [0.4, 0.5) is 4.79 Å². The van der Waals surface area contributed by atoms with Crippen molar-refractivity contribution in [2.24, 2.45) is 17.8 Å². The summed E-state index contributed by atoms with van der Waals surface area (Å²) in [6.45, 7) is 6.79. The van der Waals surface area contributed by atoms with Gasteiger partial charge in [0.2, 0.25) is 0 Å². The number of urea groups is 1. The number of rotatable bonds is 3. The molecule has 2 fully saturated rings. The molecule has 18 heavy (non-hydrogen) atoms. The summed E-state index contributed by atoms with van der Waals surface area (Å²) in [6, 6.07) is 0.0970. The fourth-order valence-electron chi connectivity index (χ4n) is 2.73. The van der Waals surface area contributed by atoms with Gasteiger partial charge in [0.25, 0.3) is 0 Å². The predicted molar refractivity (Wildman–Crippen MR) is 67.2 cm³/mol. The summed E-state index contributed by atoms with van der Waals surface area (Å²) in [5.74, 6) is -0.352. The first kappa shape index (κ1) is 13.2. The third kappa shape index (κ3) is 2.44. The van der Waals surface area contributed by atoms with E-state index < -0.39 is 5.97 Å². The zero-order valence-electron chi connectivity index (χ0n) is 11.1. The van der Waals surface area contributed by atoms with Gasteiger partial charge < -0.3 is 14.9 Å². The summed E-state index contributed by atoms with van der Waals surface area (Å²) >= 11 is 0. The molecule has 2 aliphatic heterocycles. The summed E-state index contributed by atoms with van der Waals surface area (Å²) < 4.78 is 0. The summed E-state index contributed by atoms with van der Waals surface area (Å²) in [6.07, 6.45) is 2.23. The number of carbonyl (C=O) groups excluding carboxylic acids is 1. The number of hydrogen-bond acceptors (Lipinski definition) is 2. The number of carboxylic acid groups (broad SMARTS) is 1. The second-order valence-corrected chi connectivity index (χ2v) is 5.58. The maximum absolute atomic E-state index is 12.1. The van der Waals surface area contributed by atoms with Gasteiger partial charge in [0.15, 0.2) is 0 Å². The van der Waals surface area contributed by atoms with E-state index in [4.69, 9.17) is 5.11 Å². The lowest BCUT2D eigenvalue weighted by atomic mass is 9.87. The average molecular weight is 254 g/mol. The van der Waals surface area contributed by atoms with Gasteiger partial charge in [-0.1, -0.05) is 20.3 Å². The van der Waals surface area contributed by atoms with Gasteiger partial charge >= 0.3 is 12.0 Å². The van der Waals surface area contributed by atoms with Crippen molar-refractivity contribution in [1.29, 1.82) is 0 Å². The fourth-order valence-corrected chi connectivity index (χ4v) is 2.73. The molecule has 2 amide bonds. The highest BCUT2D eigenvalue weighted by molar-refractivity contribution is 5.76. The summed E-state index contributed by atoms with van der Waals surface area (Å²) in [4.78, 5) is 26.7. The highest BCUT2D eigenvalue weighted by atomic mass is 16.4. The molecule has 2 heterocycles. The monoisotopic (exact) mass is 254 g/mol. The number of hydrogen-bond donors (Lipinski definition) is 1. The molecular weight excluding hydrogens is 232 g/mol. The Morgan fingerprint density at radius 3 is 2.44 bits per heavy atom. The molecule has 2 saturated heterocycles. The van der Waals surface area contributed by atoms with Crippen molar-refractivity contribution in [2.45, 2.75) is 26.7 Å². The van der Waals surface area contributed by atoms with Crippen LogP contribution in [0.25, 0.3) is 0 Å². The molecule has 5 heteroatoms. The molecule has 0 saturated carbocycles. The van der Waals surface area contributed by atoms with Crippen molar-refractivity contribution in [2.75, 3.05) is 26.2 Å². The third-order valence-corrected chi connectivity index (χ3v) is 4.41. The normalized spacial score (nSPS) is 26.0. The van der Waals surface area contributed by atoms with Crippen LogP contribution >= 0.6 is 0 Å². The molecule has 102 valence electrons. The molecule has 0 bridgehead atoms. The highest BCUT2D eigenvalue weighted by Crippen LogP contribution is 2.27. The van der Waals surface area contributed by atoms with E-state index in [9.17, 15) is 9.59 Å². The first-order valence-electron chi connectivity index (χ1n) is 6.79. The smallest absolute Gasteiger partial charge is 0.320 e. The van der Waals surface area contributed by atoms with Crippen molar-refractivity contribution >= 4 is 12.0 Å². The van der Waals surface area contributed by atoms with Crippen molar-refractivity contribution < 1.29 is 14.7 Å². The van der Waals surface area contributed by atoms with Gasteiger partial charge in [-0.15, -0.1) is 0 Å². The lowest BCUT2D eigenvalue weighted by molar-refractivity contribution is -0.144. The Balaban J connectivity index is 1.78. The molecule has 2 rings (SSSR count). The van der Waals surface area contributed by atoms with Gasteiger partial charge in [-0.3, -0.25) is 4.79 Å². The quantitative estimate of drug-likeness (QED) is 0.830. The molecule has 0 radical (unpaired) electrons. The summed E-state index contributed by atoms with van der Waals surface area (Å²) in [7, 11) is 0. The minimum absolute atomic E-state index is 0.0970. The van der Waals surface area contributed by atoms with Gasteiger partial charge in [0.1, 0.15) is 0 Å². The van der Waals surface area contributed by atoms with Crippen molar-refractivity contribution in [3.63, 3.8) is 0 Å². The number of likely N-dealkylation sites (tertiary alicyclic amines) is 2. The van der Waals surface area contributed by atoms with Crippen LogP contribution in [-0.4, -0.2) is 53.1 Å². The molecule has 0 aliphatic carbocycles. The number of carboxylic acids is 1. The van der Waals surface area contributed by atoms with Crippen LogP contribution in [0.3, 0.4) is 0 Å². The van der Waals surface area contributed by atoms with E-state index in [1.54, 1.807) is 11.8 Å². The van der Waals surface area contributed by atoms with Gasteiger partial charge in [0, 0.05) is 32.1 Å². The van der Waals surface area contributed by atoms with Crippen LogP contribution in [0.1, 0.15) is 26.7 Å². The Hall–Kier alpha value is -1.26. The van der Waals surface area contributed by atoms with Crippen molar-refractivity contribution in [3.8, 4) is 0 Å². The van der Waals surface area contributed by atoms with E-state index in [-0.39, 0.29) is 17.9 Å². The lowest BCUT2D eigenvalue weighted by Gasteiger charge is -2.42. The van der Waals surface area contributed by atoms with Crippen molar-refractivity contribution in [1.82, 2.24) is 9.80 Å². The maximum Gasteiger partial charge on any atom is 0.320 e. The number of nitrogens with zero attached hydrogens (tertiary/aromatic N) is 2. The second-order valence-electron chi connectivity index (χ2n) is 5.58. The lowest BCUT2D eigenvalue weighted by Crippen LogP contribution is -2.57. The minimum Gasteiger partial charge on any atom is -0.481 e. The van der Waals surface area contributed by atoms with Crippen LogP contribution in [0, 0.1) is 17.8 Å². The summed E-state index contributed by atoms with van der Waals surface area (Å²) in [5, 5.41) is 8.91. The van der Waals surface area contributed by atoms with Crippen molar-refractivity contribution in [3.05, 3.63) is 0 Å².